The molecule has 0 aromatic heterocycles. The molecule has 0 saturated carbocycles. The molecule has 13 heavy (non-hydrogen) atoms. The molecular weight excluding hydrogens is 158 g/mol. The zero-order valence-corrected chi connectivity index (χ0v) is 10.1. The van der Waals surface area contributed by atoms with Crippen LogP contribution >= 0.6 is 0 Å². The molecule has 1 aliphatic heterocycles. The molecule has 0 unspecified atom stereocenters. The van der Waals surface area contributed by atoms with Crippen molar-refractivity contribution < 1.29 is 0 Å². The smallest absolute Gasteiger partial charge is 0.00327 e. The van der Waals surface area contributed by atoms with Crippen LogP contribution < -0.4 is 0 Å². The fourth-order valence-electron chi connectivity index (χ4n) is 3.83. The topological polar surface area (TPSA) is 3.24 Å². The van der Waals surface area contributed by atoms with Gasteiger partial charge in [-0.15, -0.1) is 0 Å². The van der Waals surface area contributed by atoms with Crippen molar-refractivity contribution >= 4 is 0 Å². The molecule has 0 amide bonds. The van der Waals surface area contributed by atoms with Crippen LogP contribution in [0.4, 0.5) is 0 Å². The molecule has 0 bridgehead atoms. The van der Waals surface area contributed by atoms with Crippen LogP contribution in [0.15, 0.2) is 0 Å². The monoisotopic (exact) mass is 183 g/mol. The number of hydrogen-bond acceptors (Lipinski definition) is 1. The summed E-state index contributed by atoms with van der Waals surface area (Å²) in [5.74, 6) is 0.858. The number of hydrogen-bond donors (Lipinski definition) is 0. The van der Waals surface area contributed by atoms with E-state index in [0.717, 1.165) is 5.92 Å². The highest BCUT2D eigenvalue weighted by atomic mass is 15.1. The highest BCUT2D eigenvalue weighted by Gasteiger charge is 2.44. The first-order valence-corrected chi connectivity index (χ1v) is 5.48. The summed E-state index contributed by atoms with van der Waals surface area (Å²) in [6.07, 6.45) is 1.31. The van der Waals surface area contributed by atoms with Crippen molar-refractivity contribution in [3.63, 3.8) is 0 Å². The van der Waals surface area contributed by atoms with Crippen LogP contribution in [0.1, 0.15) is 41.0 Å². The van der Waals surface area contributed by atoms with Gasteiger partial charge in [-0.2, -0.15) is 0 Å². The molecule has 1 rings (SSSR count). The van der Waals surface area contributed by atoms with E-state index < -0.39 is 0 Å². The SMILES string of the molecule is CCC1C(C)(C)CN(C)CC1(C)C. The van der Waals surface area contributed by atoms with Gasteiger partial charge in [-0.05, 0) is 23.8 Å². The molecule has 0 atom stereocenters. The molecule has 78 valence electrons. The molecule has 0 N–H and O–H groups in total. The number of likely N-dealkylation sites (tertiary alicyclic amines) is 1. The van der Waals surface area contributed by atoms with E-state index in [9.17, 15) is 0 Å². The van der Waals surface area contributed by atoms with Gasteiger partial charge in [0.2, 0.25) is 0 Å². The van der Waals surface area contributed by atoms with E-state index >= 15 is 0 Å². The van der Waals surface area contributed by atoms with Gasteiger partial charge < -0.3 is 4.90 Å². The first kappa shape index (κ1) is 11.0. The lowest BCUT2D eigenvalue weighted by molar-refractivity contribution is -0.0335. The highest BCUT2D eigenvalue weighted by Crippen LogP contribution is 2.46. The van der Waals surface area contributed by atoms with Crippen molar-refractivity contribution in [2.75, 3.05) is 20.1 Å². The largest absolute Gasteiger partial charge is 0.305 e. The molecule has 0 aliphatic carbocycles. The van der Waals surface area contributed by atoms with Gasteiger partial charge in [0.15, 0.2) is 0 Å². The maximum Gasteiger partial charge on any atom is 0.00327 e. The van der Waals surface area contributed by atoms with Gasteiger partial charge in [0, 0.05) is 13.1 Å². The summed E-state index contributed by atoms with van der Waals surface area (Å²) in [5, 5.41) is 0. The summed E-state index contributed by atoms with van der Waals surface area (Å²) >= 11 is 0. The van der Waals surface area contributed by atoms with Gasteiger partial charge >= 0.3 is 0 Å². The van der Waals surface area contributed by atoms with Gasteiger partial charge in [0.1, 0.15) is 0 Å². The van der Waals surface area contributed by atoms with Gasteiger partial charge in [0.05, 0.1) is 0 Å². The molecular formula is C12H25N. The Hall–Kier alpha value is -0.0400. The van der Waals surface area contributed by atoms with Gasteiger partial charge in [-0.25, -0.2) is 0 Å². The third-order valence-corrected chi connectivity index (χ3v) is 3.65. The average molecular weight is 183 g/mol. The fraction of sp³-hybridized carbons (Fsp3) is 1.00. The standard InChI is InChI=1S/C12H25N/c1-7-10-11(2,3)8-13(6)9-12(10,4)5/h10H,7-9H2,1-6H3. The van der Waals surface area contributed by atoms with Crippen molar-refractivity contribution in [2.45, 2.75) is 41.0 Å². The van der Waals surface area contributed by atoms with Gasteiger partial charge in [-0.3, -0.25) is 0 Å². The molecule has 1 heteroatoms. The van der Waals surface area contributed by atoms with E-state index in [-0.39, 0.29) is 0 Å². The average Bonchev–Trinajstić information content (AvgIpc) is 1.79. The molecule has 1 nitrogen and oxygen atoms in total. The predicted molar refractivity (Wildman–Crippen MR) is 58.8 cm³/mol. The van der Waals surface area contributed by atoms with Crippen molar-refractivity contribution in [3.05, 3.63) is 0 Å². The Labute approximate surface area is 83.5 Å². The lowest BCUT2D eigenvalue weighted by atomic mass is 9.61. The molecule has 1 saturated heterocycles. The van der Waals surface area contributed by atoms with Crippen LogP contribution in [0.25, 0.3) is 0 Å². The van der Waals surface area contributed by atoms with Crippen LogP contribution in [-0.2, 0) is 0 Å². The number of nitrogens with zero attached hydrogens (tertiary/aromatic N) is 1. The Morgan fingerprint density at radius 1 is 1.08 bits per heavy atom. The van der Waals surface area contributed by atoms with E-state index in [1.807, 2.05) is 0 Å². The lowest BCUT2D eigenvalue weighted by Crippen LogP contribution is -2.53. The zero-order valence-electron chi connectivity index (χ0n) is 10.1. The van der Waals surface area contributed by atoms with Crippen molar-refractivity contribution in [1.29, 1.82) is 0 Å². The Morgan fingerprint density at radius 3 is 1.77 bits per heavy atom. The predicted octanol–water partition coefficient (Wildman–Crippen LogP) is 3.01. The summed E-state index contributed by atoms with van der Waals surface area (Å²) in [7, 11) is 2.25. The first-order valence-electron chi connectivity index (χ1n) is 5.48. The van der Waals surface area contributed by atoms with Crippen molar-refractivity contribution in [2.24, 2.45) is 16.7 Å². The molecule has 1 aliphatic rings. The second-order valence-corrected chi connectivity index (χ2v) is 6.11. The maximum atomic E-state index is 2.48. The molecule has 0 aromatic rings. The maximum absolute atomic E-state index is 2.48. The van der Waals surface area contributed by atoms with Crippen molar-refractivity contribution in [1.82, 2.24) is 4.90 Å². The summed E-state index contributed by atoms with van der Waals surface area (Å²) in [5.41, 5.74) is 0.955. The summed E-state index contributed by atoms with van der Waals surface area (Å²) in [6, 6.07) is 0. The van der Waals surface area contributed by atoms with Gasteiger partial charge in [-0.1, -0.05) is 41.0 Å². The third kappa shape index (κ3) is 2.07. The quantitative estimate of drug-likeness (QED) is 0.604. The zero-order chi connectivity index (χ0) is 10.3. The normalized spacial score (nSPS) is 29.1. The van der Waals surface area contributed by atoms with E-state index in [2.05, 4.69) is 46.6 Å². The summed E-state index contributed by atoms with van der Waals surface area (Å²) < 4.78 is 0. The Bertz CT molecular complexity index is 164. The van der Waals surface area contributed by atoms with Crippen LogP contribution in [0.3, 0.4) is 0 Å². The minimum atomic E-state index is 0.477. The highest BCUT2D eigenvalue weighted by molar-refractivity contribution is 4.95. The molecule has 1 fully saturated rings. The van der Waals surface area contributed by atoms with Crippen molar-refractivity contribution in [3.8, 4) is 0 Å². The van der Waals surface area contributed by atoms with E-state index in [4.69, 9.17) is 0 Å². The van der Waals surface area contributed by atoms with Gasteiger partial charge in [0.25, 0.3) is 0 Å². The van der Waals surface area contributed by atoms with Crippen LogP contribution in [0.5, 0.6) is 0 Å². The Morgan fingerprint density at radius 2 is 1.46 bits per heavy atom. The second kappa shape index (κ2) is 3.27. The lowest BCUT2D eigenvalue weighted by Gasteiger charge is -2.52. The first-order chi connectivity index (χ1) is 5.79. The molecule has 0 spiro atoms. The number of rotatable bonds is 1. The molecule has 0 aromatic carbocycles. The second-order valence-electron chi connectivity index (χ2n) is 6.11. The van der Waals surface area contributed by atoms with E-state index in [0.29, 0.717) is 10.8 Å². The molecule has 0 radical (unpaired) electrons. The Kier molecular flexibility index (Phi) is 2.78. The molecule has 1 heterocycles. The summed E-state index contributed by atoms with van der Waals surface area (Å²) in [4.78, 5) is 2.48. The van der Waals surface area contributed by atoms with Crippen LogP contribution in [0.2, 0.25) is 0 Å². The van der Waals surface area contributed by atoms with Crippen LogP contribution in [0, 0.1) is 16.7 Å². The Balaban J connectivity index is 2.88. The third-order valence-electron chi connectivity index (χ3n) is 3.65. The van der Waals surface area contributed by atoms with E-state index in [1.165, 1.54) is 19.5 Å². The van der Waals surface area contributed by atoms with Crippen LogP contribution in [-0.4, -0.2) is 25.0 Å². The fourth-order valence-corrected chi connectivity index (χ4v) is 3.83. The minimum absolute atomic E-state index is 0.477. The number of piperidine rings is 1. The summed E-state index contributed by atoms with van der Waals surface area (Å²) in [6.45, 7) is 14.5. The minimum Gasteiger partial charge on any atom is -0.305 e. The van der Waals surface area contributed by atoms with E-state index in [1.54, 1.807) is 0 Å².